The fourth-order valence-corrected chi connectivity index (χ4v) is 4.37. The largest absolute Gasteiger partial charge is 0.355 e. The number of halogens is 1. The maximum absolute atomic E-state index is 12.8. The predicted molar refractivity (Wildman–Crippen MR) is 105 cm³/mol. The average molecular weight is 375 g/mol. The lowest BCUT2D eigenvalue weighted by Gasteiger charge is -2.18. The number of nitrogens with one attached hydrogen (secondary N) is 2. The number of hydrogen-bond acceptors (Lipinski definition) is 3. The normalized spacial score (nSPS) is 18.0. The van der Waals surface area contributed by atoms with Gasteiger partial charge in [-0.15, -0.1) is 11.8 Å². The van der Waals surface area contributed by atoms with E-state index < -0.39 is 0 Å². The molecular formula is C20H23ClN2OS. The van der Waals surface area contributed by atoms with E-state index >= 15 is 0 Å². The summed E-state index contributed by atoms with van der Waals surface area (Å²) in [5.41, 5.74) is 0.993. The molecule has 5 heteroatoms. The van der Waals surface area contributed by atoms with Gasteiger partial charge in [0, 0.05) is 11.4 Å². The Morgan fingerprint density at radius 2 is 1.96 bits per heavy atom. The molecule has 0 bridgehead atoms. The van der Waals surface area contributed by atoms with E-state index in [0.29, 0.717) is 10.9 Å². The number of carbonyl (C=O) groups excluding carboxylic acids is 1. The van der Waals surface area contributed by atoms with E-state index in [1.54, 1.807) is 0 Å². The van der Waals surface area contributed by atoms with E-state index in [0.717, 1.165) is 36.5 Å². The van der Waals surface area contributed by atoms with Crippen LogP contribution in [-0.4, -0.2) is 25.5 Å². The van der Waals surface area contributed by atoms with Crippen molar-refractivity contribution >= 4 is 29.3 Å². The maximum atomic E-state index is 12.8. The highest BCUT2D eigenvalue weighted by molar-refractivity contribution is 8.00. The number of carbonyl (C=O) groups is 1. The minimum absolute atomic E-state index is 0.0436. The average Bonchev–Trinajstić information content (AvgIpc) is 3.15. The van der Waals surface area contributed by atoms with E-state index in [2.05, 4.69) is 10.6 Å². The first kappa shape index (κ1) is 18.3. The van der Waals surface area contributed by atoms with Gasteiger partial charge < -0.3 is 10.6 Å². The Labute approximate surface area is 158 Å². The lowest BCUT2D eigenvalue weighted by atomic mass is 10.1. The van der Waals surface area contributed by atoms with Crippen LogP contribution in [-0.2, 0) is 4.79 Å². The van der Waals surface area contributed by atoms with Crippen LogP contribution in [0.25, 0.3) is 0 Å². The molecule has 1 aliphatic rings. The van der Waals surface area contributed by atoms with Crippen LogP contribution in [0.1, 0.15) is 23.7 Å². The van der Waals surface area contributed by atoms with Gasteiger partial charge in [-0.1, -0.05) is 54.1 Å². The van der Waals surface area contributed by atoms with Gasteiger partial charge in [-0.05, 0) is 49.5 Å². The molecule has 2 aromatic carbocycles. The van der Waals surface area contributed by atoms with Crippen molar-refractivity contribution in [2.75, 3.05) is 19.6 Å². The molecule has 1 fully saturated rings. The molecule has 2 atom stereocenters. The molecule has 2 N–H and O–H groups in total. The van der Waals surface area contributed by atoms with Crippen LogP contribution in [0.15, 0.2) is 59.5 Å². The molecule has 3 nitrogen and oxygen atoms in total. The van der Waals surface area contributed by atoms with Gasteiger partial charge in [0.1, 0.15) is 5.25 Å². The minimum Gasteiger partial charge on any atom is -0.355 e. The third kappa shape index (κ3) is 5.24. The Morgan fingerprint density at radius 3 is 2.68 bits per heavy atom. The van der Waals surface area contributed by atoms with Crippen LogP contribution < -0.4 is 10.6 Å². The van der Waals surface area contributed by atoms with Crippen molar-refractivity contribution in [3.05, 3.63) is 65.2 Å². The van der Waals surface area contributed by atoms with Crippen molar-refractivity contribution in [1.29, 1.82) is 0 Å². The molecule has 1 amide bonds. The summed E-state index contributed by atoms with van der Waals surface area (Å²) in [7, 11) is 0. The molecule has 2 aromatic rings. The Kier molecular flexibility index (Phi) is 6.79. The lowest BCUT2D eigenvalue weighted by molar-refractivity contribution is -0.120. The highest BCUT2D eigenvalue weighted by Crippen LogP contribution is 2.38. The summed E-state index contributed by atoms with van der Waals surface area (Å²) < 4.78 is 0. The van der Waals surface area contributed by atoms with Crippen LogP contribution in [0.3, 0.4) is 0 Å². The van der Waals surface area contributed by atoms with Crippen molar-refractivity contribution in [3.63, 3.8) is 0 Å². The maximum Gasteiger partial charge on any atom is 0.237 e. The van der Waals surface area contributed by atoms with Crippen molar-refractivity contribution in [2.45, 2.75) is 23.0 Å². The second kappa shape index (κ2) is 9.27. The molecular weight excluding hydrogens is 352 g/mol. The number of rotatable bonds is 7. The summed E-state index contributed by atoms with van der Waals surface area (Å²) in [6.45, 7) is 2.87. The fraction of sp³-hybridized carbons (Fsp3) is 0.350. The molecule has 0 radical (unpaired) electrons. The van der Waals surface area contributed by atoms with Crippen molar-refractivity contribution in [3.8, 4) is 0 Å². The summed E-state index contributed by atoms with van der Waals surface area (Å²) in [5.74, 6) is 0.716. The Bertz CT molecular complexity index is 689. The molecule has 1 heterocycles. The summed E-state index contributed by atoms with van der Waals surface area (Å²) >= 11 is 7.79. The zero-order valence-electron chi connectivity index (χ0n) is 14.1. The van der Waals surface area contributed by atoms with Gasteiger partial charge in [-0.3, -0.25) is 4.79 Å². The number of benzene rings is 2. The van der Waals surface area contributed by atoms with Crippen molar-refractivity contribution in [1.82, 2.24) is 10.6 Å². The van der Waals surface area contributed by atoms with Gasteiger partial charge in [0.15, 0.2) is 0 Å². The molecule has 25 heavy (non-hydrogen) atoms. The molecule has 3 rings (SSSR count). The van der Waals surface area contributed by atoms with Gasteiger partial charge in [0.05, 0.1) is 5.02 Å². The molecule has 0 aromatic heterocycles. The molecule has 0 saturated carbocycles. The summed E-state index contributed by atoms with van der Waals surface area (Å²) in [4.78, 5) is 13.8. The van der Waals surface area contributed by atoms with Gasteiger partial charge >= 0.3 is 0 Å². The highest BCUT2D eigenvalue weighted by atomic mass is 35.5. The molecule has 0 spiro atoms. The lowest BCUT2D eigenvalue weighted by Crippen LogP contribution is -2.30. The molecule has 1 aliphatic heterocycles. The smallest absolute Gasteiger partial charge is 0.237 e. The first-order chi connectivity index (χ1) is 12.2. The third-order valence-electron chi connectivity index (χ3n) is 4.44. The van der Waals surface area contributed by atoms with Gasteiger partial charge in [-0.2, -0.15) is 0 Å². The van der Waals surface area contributed by atoms with Crippen LogP contribution >= 0.6 is 23.4 Å². The molecule has 132 valence electrons. The monoisotopic (exact) mass is 374 g/mol. The van der Waals surface area contributed by atoms with Crippen LogP contribution in [0.5, 0.6) is 0 Å². The van der Waals surface area contributed by atoms with Gasteiger partial charge in [-0.25, -0.2) is 0 Å². The third-order valence-corrected chi connectivity index (χ3v) is 6.21. The Hall–Kier alpha value is -1.49. The fourth-order valence-electron chi connectivity index (χ4n) is 3.02. The molecule has 2 unspecified atom stereocenters. The van der Waals surface area contributed by atoms with Crippen LogP contribution in [0.4, 0.5) is 0 Å². The molecule has 0 aliphatic carbocycles. The standard InChI is InChI=1S/C20H23ClN2OS/c21-17-8-4-5-9-18(17)25-19(16-6-2-1-3-7-16)20(24)23-13-11-15-10-12-22-14-15/h1-9,15,19,22H,10-14H2,(H,23,24). The number of hydrogen-bond donors (Lipinski definition) is 2. The second-order valence-electron chi connectivity index (χ2n) is 6.28. The minimum atomic E-state index is -0.303. The van der Waals surface area contributed by atoms with Crippen molar-refractivity contribution < 1.29 is 4.79 Å². The highest BCUT2D eigenvalue weighted by Gasteiger charge is 2.23. The van der Waals surface area contributed by atoms with Crippen LogP contribution in [0, 0.1) is 5.92 Å². The number of amides is 1. The van der Waals surface area contributed by atoms with E-state index in [1.807, 2.05) is 54.6 Å². The van der Waals surface area contributed by atoms with Crippen LogP contribution in [0.2, 0.25) is 5.02 Å². The molecule has 1 saturated heterocycles. The van der Waals surface area contributed by atoms with Gasteiger partial charge in [0.2, 0.25) is 5.91 Å². The zero-order chi connectivity index (χ0) is 17.5. The van der Waals surface area contributed by atoms with E-state index in [-0.39, 0.29) is 11.2 Å². The first-order valence-corrected chi connectivity index (χ1v) is 9.94. The summed E-state index contributed by atoms with van der Waals surface area (Å²) in [6.07, 6.45) is 2.23. The Morgan fingerprint density at radius 1 is 1.20 bits per heavy atom. The SMILES string of the molecule is O=C(NCCC1CCNC1)C(Sc1ccccc1Cl)c1ccccc1. The summed E-state index contributed by atoms with van der Waals surface area (Å²) in [6, 6.07) is 17.5. The van der Waals surface area contributed by atoms with E-state index in [9.17, 15) is 4.79 Å². The zero-order valence-corrected chi connectivity index (χ0v) is 15.7. The summed E-state index contributed by atoms with van der Waals surface area (Å²) in [5, 5.41) is 6.86. The van der Waals surface area contributed by atoms with Gasteiger partial charge in [0.25, 0.3) is 0 Å². The quantitative estimate of drug-likeness (QED) is 0.710. The van der Waals surface area contributed by atoms with Crippen molar-refractivity contribution in [2.24, 2.45) is 5.92 Å². The predicted octanol–water partition coefficient (Wildman–Crippen LogP) is 4.29. The second-order valence-corrected chi connectivity index (χ2v) is 7.83. The van der Waals surface area contributed by atoms with E-state index in [4.69, 9.17) is 11.6 Å². The Balaban J connectivity index is 1.67. The first-order valence-electron chi connectivity index (χ1n) is 8.68. The number of thioether (sulfide) groups is 1. The topological polar surface area (TPSA) is 41.1 Å². The van der Waals surface area contributed by atoms with E-state index in [1.165, 1.54) is 18.2 Å².